The Kier molecular flexibility index (Phi) is 4.95. The minimum absolute atomic E-state index is 0.0520. The predicted molar refractivity (Wildman–Crippen MR) is 95.6 cm³/mol. The molecule has 0 saturated heterocycles. The van der Waals surface area contributed by atoms with Crippen LogP contribution in [0.5, 0.6) is 5.75 Å². The molecule has 0 bridgehead atoms. The number of aromatic hydroxyl groups is 1. The first kappa shape index (κ1) is 17.6. The summed E-state index contributed by atoms with van der Waals surface area (Å²) in [5, 5.41) is 19.3. The number of phenols is 1. The standard InChI is InChI=1S/C20H18N2O4/c1-26-20(19(24)25,15-5-3-2-4-6-15)13-16-11-12-21-18(22-16)14-7-9-17(23)10-8-14/h2-12,23H,13H2,1H3,(H,24,25). The topological polar surface area (TPSA) is 92.5 Å². The van der Waals surface area contributed by atoms with E-state index in [2.05, 4.69) is 9.97 Å². The smallest absolute Gasteiger partial charge is 0.341 e. The van der Waals surface area contributed by atoms with Crippen LogP contribution in [0.25, 0.3) is 11.4 Å². The summed E-state index contributed by atoms with van der Waals surface area (Å²) in [5.41, 5.74) is 0.264. The van der Waals surface area contributed by atoms with Gasteiger partial charge in [0.05, 0.1) is 0 Å². The van der Waals surface area contributed by atoms with E-state index in [4.69, 9.17) is 4.74 Å². The van der Waals surface area contributed by atoms with Gasteiger partial charge in [0.2, 0.25) is 0 Å². The van der Waals surface area contributed by atoms with Crippen molar-refractivity contribution < 1.29 is 19.7 Å². The molecule has 0 spiro atoms. The van der Waals surface area contributed by atoms with Gasteiger partial charge in [-0.2, -0.15) is 0 Å². The second kappa shape index (κ2) is 7.33. The zero-order chi connectivity index (χ0) is 18.6. The highest BCUT2D eigenvalue weighted by atomic mass is 16.5. The van der Waals surface area contributed by atoms with Gasteiger partial charge in [0.15, 0.2) is 11.4 Å². The maximum absolute atomic E-state index is 12.1. The average molecular weight is 350 g/mol. The van der Waals surface area contributed by atoms with Gasteiger partial charge in [0, 0.05) is 31.0 Å². The lowest BCUT2D eigenvalue weighted by Gasteiger charge is -2.28. The first-order chi connectivity index (χ1) is 12.5. The van der Waals surface area contributed by atoms with Crippen molar-refractivity contribution >= 4 is 5.97 Å². The molecule has 1 atom stereocenters. The van der Waals surface area contributed by atoms with Crippen molar-refractivity contribution in [2.45, 2.75) is 12.0 Å². The largest absolute Gasteiger partial charge is 0.508 e. The van der Waals surface area contributed by atoms with Crippen LogP contribution in [0, 0.1) is 0 Å². The first-order valence-electron chi connectivity index (χ1n) is 8.00. The van der Waals surface area contributed by atoms with E-state index in [1.54, 1.807) is 60.8 Å². The molecule has 0 saturated carbocycles. The van der Waals surface area contributed by atoms with Gasteiger partial charge in [-0.3, -0.25) is 0 Å². The quantitative estimate of drug-likeness (QED) is 0.710. The number of ether oxygens (including phenoxy) is 1. The molecule has 0 aliphatic rings. The third kappa shape index (κ3) is 3.41. The van der Waals surface area contributed by atoms with Crippen molar-refractivity contribution in [3.63, 3.8) is 0 Å². The minimum atomic E-state index is -1.54. The average Bonchev–Trinajstić information content (AvgIpc) is 2.67. The molecule has 132 valence electrons. The number of aliphatic carboxylic acids is 1. The van der Waals surface area contributed by atoms with Crippen molar-refractivity contribution in [2.24, 2.45) is 0 Å². The monoisotopic (exact) mass is 350 g/mol. The Labute approximate surface area is 150 Å². The lowest BCUT2D eigenvalue weighted by Crippen LogP contribution is -2.40. The minimum Gasteiger partial charge on any atom is -0.508 e. The molecule has 1 unspecified atom stereocenters. The molecule has 0 aliphatic heterocycles. The summed E-state index contributed by atoms with van der Waals surface area (Å²) in [7, 11) is 1.38. The van der Waals surface area contributed by atoms with Gasteiger partial charge in [-0.15, -0.1) is 0 Å². The Morgan fingerprint density at radius 2 is 1.77 bits per heavy atom. The van der Waals surface area contributed by atoms with Crippen LogP contribution in [-0.4, -0.2) is 33.3 Å². The lowest BCUT2D eigenvalue weighted by atomic mass is 9.88. The maximum atomic E-state index is 12.1. The van der Waals surface area contributed by atoms with Crippen LogP contribution in [0.3, 0.4) is 0 Å². The Bertz CT molecular complexity index is 897. The number of aromatic nitrogens is 2. The molecule has 0 amide bonds. The number of benzene rings is 2. The van der Waals surface area contributed by atoms with Crippen molar-refractivity contribution in [3.05, 3.63) is 78.1 Å². The highest BCUT2D eigenvalue weighted by molar-refractivity contribution is 5.80. The molecule has 1 aromatic heterocycles. The number of carboxylic acids is 1. The second-order valence-electron chi connectivity index (χ2n) is 5.80. The van der Waals surface area contributed by atoms with Gasteiger partial charge in [-0.25, -0.2) is 14.8 Å². The molecule has 0 fully saturated rings. The number of hydrogen-bond donors (Lipinski definition) is 2. The molecule has 0 aliphatic carbocycles. The molecule has 6 heteroatoms. The number of hydrogen-bond acceptors (Lipinski definition) is 5. The van der Waals surface area contributed by atoms with Gasteiger partial charge < -0.3 is 14.9 Å². The molecule has 0 radical (unpaired) electrons. The summed E-state index contributed by atoms with van der Waals surface area (Å²) in [6.07, 6.45) is 1.63. The van der Waals surface area contributed by atoms with E-state index in [9.17, 15) is 15.0 Å². The van der Waals surface area contributed by atoms with Crippen LogP contribution in [0.2, 0.25) is 0 Å². The van der Waals surface area contributed by atoms with Gasteiger partial charge >= 0.3 is 5.97 Å². The van der Waals surface area contributed by atoms with E-state index in [1.807, 2.05) is 6.07 Å². The van der Waals surface area contributed by atoms with Crippen molar-refractivity contribution in [3.8, 4) is 17.1 Å². The highest BCUT2D eigenvalue weighted by Gasteiger charge is 2.41. The second-order valence-corrected chi connectivity index (χ2v) is 5.80. The number of methoxy groups -OCH3 is 1. The van der Waals surface area contributed by atoms with Gasteiger partial charge in [-0.1, -0.05) is 30.3 Å². The number of carboxylic acid groups (broad SMARTS) is 1. The van der Waals surface area contributed by atoms with Gasteiger partial charge in [0.25, 0.3) is 0 Å². The van der Waals surface area contributed by atoms with Crippen molar-refractivity contribution in [1.82, 2.24) is 9.97 Å². The van der Waals surface area contributed by atoms with Gasteiger partial charge in [-0.05, 0) is 35.9 Å². The normalized spacial score (nSPS) is 13.1. The van der Waals surface area contributed by atoms with Crippen molar-refractivity contribution in [2.75, 3.05) is 7.11 Å². The third-order valence-electron chi connectivity index (χ3n) is 4.20. The summed E-state index contributed by atoms with van der Waals surface area (Å²) < 4.78 is 5.46. The summed E-state index contributed by atoms with van der Waals surface area (Å²) in [6.45, 7) is 0. The molecule has 6 nitrogen and oxygen atoms in total. The summed E-state index contributed by atoms with van der Waals surface area (Å²) in [5.74, 6) is -0.486. The van der Waals surface area contributed by atoms with E-state index < -0.39 is 11.6 Å². The fourth-order valence-corrected chi connectivity index (χ4v) is 2.79. The molecule has 26 heavy (non-hydrogen) atoms. The predicted octanol–water partition coefficient (Wildman–Crippen LogP) is 3.02. The zero-order valence-electron chi connectivity index (χ0n) is 14.2. The van der Waals surface area contributed by atoms with Crippen LogP contribution >= 0.6 is 0 Å². The number of carbonyl (C=O) groups is 1. The van der Waals surface area contributed by atoms with E-state index in [0.717, 1.165) is 5.56 Å². The molecule has 1 heterocycles. The zero-order valence-corrected chi connectivity index (χ0v) is 14.2. The van der Waals surface area contributed by atoms with Gasteiger partial charge in [0.1, 0.15) is 5.75 Å². The molecular formula is C20H18N2O4. The highest BCUT2D eigenvalue weighted by Crippen LogP contribution is 2.30. The molecular weight excluding hydrogens is 332 g/mol. The fraction of sp³-hybridized carbons (Fsp3) is 0.150. The SMILES string of the molecule is COC(Cc1ccnc(-c2ccc(O)cc2)n1)(C(=O)O)c1ccccc1. The molecule has 3 rings (SSSR count). The van der Waals surface area contributed by atoms with Crippen LogP contribution < -0.4 is 0 Å². The number of rotatable bonds is 6. The van der Waals surface area contributed by atoms with E-state index >= 15 is 0 Å². The van der Waals surface area contributed by atoms with Crippen molar-refractivity contribution in [1.29, 1.82) is 0 Å². The van der Waals surface area contributed by atoms with E-state index in [-0.39, 0.29) is 12.2 Å². The Morgan fingerprint density at radius 3 is 2.38 bits per heavy atom. The molecule has 2 N–H and O–H groups in total. The van der Waals surface area contributed by atoms with Crippen LogP contribution in [0.15, 0.2) is 66.9 Å². The first-order valence-corrected chi connectivity index (χ1v) is 8.00. The summed E-state index contributed by atoms with van der Waals surface area (Å²) >= 11 is 0. The Hall–Kier alpha value is -3.25. The summed E-state index contributed by atoms with van der Waals surface area (Å²) in [4.78, 5) is 20.8. The Balaban J connectivity index is 1.99. The summed E-state index contributed by atoms with van der Waals surface area (Å²) in [6, 6.07) is 17.0. The number of phenolic OH excluding ortho intramolecular Hbond substituents is 1. The van der Waals surface area contributed by atoms with Crippen LogP contribution in [0.1, 0.15) is 11.3 Å². The number of nitrogens with zero attached hydrogens (tertiary/aromatic N) is 2. The third-order valence-corrected chi connectivity index (χ3v) is 4.20. The fourth-order valence-electron chi connectivity index (χ4n) is 2.79. The van der Waals surface area contributed by atoms with Crippen LogP contribution in [0.4, 0.5) is 0 Å². The van der Waals surface area contributed by atoms with Crippen LogP contribution in [-0.2, 0) is 21.6 Å². The molecule has 2 aromatic carbocycles. The lowest BCUT2D eigenvalue weighted by molar-refractivity contribution is -0.163. The maximum Gasteiger partial charge on any atom is 0.341 e. The van der Waals surface area contributed by atoms with E-state index in [0.29, 0.717) is 17.1 Å². The molecule has 3 aromatic rings. The Morgan fingerprint density at radius 1 is 1.08 bits per heavy atom. The van der Waals surface area contributed by atoms with E-state index in [1.165, 1.54) is 7.11 Å².